The second-order valence-corrected chi connectivity index (χ2v) is 4.27. The molecule has 3 N–H and O–H groups in total. The molecule has 0 aromatic carbocycles. The van der Waals surface area contributed by atoms with Crippen LogP contribution in [0.25, 0.3) is 0 Å². The Labute approximate surface area is 90.1 Å². The molecule has 2 rings (SSSR count). The summed E-state index contributed by atoms with van der Waals surface area (Å²) in [4.78, 5) is 4.11. The number of imidazole rings is 1. The van der Waals surface area contributed by atoms with Crippen LogP contribution in [-0.2, 0) is 0 Å². The van der Waals surface area contributed by atoms with E-state index in [1.54, 1.807) is 6.20 Å². The molecule has 84 valence electrons. The van der Waals surface area contributed by atoms with Crippen LogP contribution in [0, 0.1) is 0 Å². The van der Waals surface area contributed by atoms with Crippen LogP contribution in [0.4, 0.5) is 0 Å². The number of hydrogen-bond donors (Lipinski definition) is 2. The Bertz CT molecular complexity index is 305. The summed E-state index contributed by atoms with van der Waals surface area (Å²) in [5.74, 6) is 0. The standard InChI is InChI=1S/C11H19N3O/c12-6-11(15)10-7-13-8-14(10)9-4-2-1-3-5-9/h7-9,11,15H,1-6,12H2. The summed E-state index contributed by atoms with van der Waals surface area (Å²) in [6, 6.07) is 0.512. The summed E-state index contributed by atoms with van der Waals surface area (Å²) in [5, 5.41) is 9.74. The number of nitrogens with zero attached hydrogens (tertiary/aromatic N) is 2. The molecule has 0 amide bonds. The van der Waals surface area contributed by atoms with E-state index >= 15 is 0 Å². The van der Waals surface area contributed by atoms with Crippen LogP contribution in [0.1, 0.15) is 49.9 Å². The predicted molar refractivity (Wildman–Crippen MR) is 58.4 cm³/mol. The molecule has 1 unspecified atom stereocenters. The van der Waals surface area contributed by atoms with Gasteiger partial charge in [-0.3, -0.25) is 0 Å². The van der Waals surface area contributed by atoms with Crippen LogP contribution in [0.15, 0.2) is 12.5 Å². The summed E-state index contributed by atoms with van der Waals surface area (Å²) < 4.78 is 2.11. The number of nitrogens with two attached hydrogens (primary N) is 1. The summed E-state index contributed by atoms with van der Waals surface area (Å²) in [5.41, 5.74) is 6.34. The molecule has 1 saturated carbocycles. The maximum atomic E-state index is 9.74. The molecule has 0 radical (unpaired) electrons. The van der Waals surface area contributed by atoms with Crippen molar-refractivity contribution in [2.45, 2.75) is 44.2 Å². The van der Waals surface area contributed by atoms with Crippen LogP contribution in [-0.4, -0.2) is 21.2 Å². The zero-order valence-corrected chi connectivity index (χ0v) is 8.97. The summed E-state index contributed by atoms with van der Waals surface area (Å²) >= 11 is 0. The van der Waals surface area contributed by atoms with E-state index in [1.165, 1.54) is 32.1 Å². The third kappa shape index (κ3) is 2.21. The third-order valence-corrected chi connectivity index (χ3v) is 3.23. The number of hydrogen-bond acceptors (Lipinski definition) is 3. The lowest BCUT2D eigenvalue weighted by atomic mass is 9.95. The smallest absolute Gasteiger partial charge is 0.108 e. The maximum absolute atomic E-state index is 9.74. The average molecular weight is 209 g/mol. The van der Waals surface area contributed by atoms with Crippen molar-refractivity contribution in [1.29, 1.82) is 0 Å². The summed E-state index contributed by atoms with van der Waals surface area (Å²) in [6.07, 6.45) is 9.26. The largest absolute Gasteiger partial charge is 0.385 e. The van der Waals surface area contributed by atoms with Gasteiger partial charge in [0.1, 0.15) is 6.10 Å². The van der Waals surface area contributed by atoms with Gasteiger partial charge >= 0.3 is 0 Å². The Morgan fingerprint density at radius 2 is 2.20 bits per heavy atom. The maximum Gasteiger partial charge on any atom is 0.108 e. The molecule has 15 heavy (non-hydrogen) atoms. The van der Waals surface area contributed by atoms with Crippen molar-refractivity contribution in [2.75, 3.05) is 6.54 Å². The zero-order valence-electron chi connectivity index (χ0n) is 8.97. The lowest BCUT2D eigenvalue weighted by molar-refractivity contribution is 0.171. The minimum absolute atomic E-state index is 0.262. The first-order valence-corrected chi connectivity index (χ1v) is 5.72. The molecule has 4 nitrogen and oxygen atoms in total. The lowest BCUT2D eigenvalue weighted by Gasteiger charge is -2.25. The Hall–Kier alpha value is -0.870. The second-order valence-electron chi connectivity index (χ2n) is 4.27. The fourth-order valence-corrected chi connectivity index (χ4v) is 2.36. The van der Waals surface area contributed by atoms with Crippen molar-refractivity contribution in [3.8, 4) is 0 Å². The molecule has 1 fully saturated rings. The molecular weight excluding hydrogens is 190 g/mol. The number of aliphatic hydroxyl groups is 1. The molecule has 0 bridgehead atoms. The topological polar surface area (TPSA) is 64.1 Å². The number of aliphatic hydroxyl groups excluding tert-OH is 1. The zero-order chi connectivity index (χ0) is 10.7. The molecule has 0 saturated heterocycles. The second kappa shape index (κ2) is 4.77. The van der Waals surface area contributed by atoms with Crippen LogP contribution >= 0.6 is 0 Å². The first-order chi connectivity index (χ1) is 7.33. The molecule has 1 aromatic rings. The van der Waals surface area contributed by atoms with Crippen LogP contribution < -0.4 is 5.73 Å². The van der Waals surface area contributed by atoms with Crippen molar-refractivity contribution >= 4 is 0 Å². The van der Waals surface area contributed by atoms with Gasteiger partial charge in [-0.1, -0.05) is 19.3 Å². The van der Waals surface area contributed by atoms with E-state index < -0.39 is 6.10 Å². The van der Waals surface area contributed by atoms with Crippen molar-refractivity contribution < 1.29 is 5.11 Å². The van der Waals surface area contributed by atoms with E-state index in [2.05, 4.69) is 9.55 Å². The third-order valence-electron chi connectivity index (χ3n) is 3.23. The van der Waals surface area contributed by atoms with E-state index in [9.17, 15) is 5.11 Å². The molecule has 1 aliphatic carbocycles. The summed E-state index contributed by atoms with van der Waals surface area (Å²) in [7, 11) is 0. The highest BCUT2D eigenvalue weighted by molar-refractivity contribution is 5.05. The van der Waals surface area contributed by atoms with Gasteiger partial charge in [0.05, 0.1) is 18.2 Å². The van der Waals surface area contributed by atoms with Crippen molar-refractivity contribution in [3.63, 3.8) is 0 Å². The molecule has 0 aliphatic heterocycles. The van der Waals surface area contributed by atoms with Crippen LogP contribution in [0.3, 0.4) is 0 Å². The van der Waals surface area contributed by atoms with Gasteiger partial charge in [0.2, 0.25) is 0 Å². The first kappa shape index (κ1) is 10.6. The summed E-state index contributed by atoms with van der Waals surface area (Å²) in [6.45, 7) is 0.262. The first-order valence-electron chi connectivity index (χ1n) is 5.72. The van der Waals surface area contributed by atoms with Gasteiger partial charge in [-0.25, -0.2) is 4.98 Å². The molecule has 4 heteroatoms. The molecule has 1 aromatic heterocycles. The molecule has 1 atom stereocenters. The Morgan fingerprint density at radius 1 is 1.47 bits per heavy atom. The van der Waals surface area contributed by atoms with Gasteiger partial charge < -0.3 is 15.4 Å². The highest BCUT2D eigenvalue weighted by Gasteiger charge is 2.20. The van der Waals surface area contributed by atoms with Crippen molar-refractivity contribution in [2.24, 2.45) is 5.73 Å². The quantitative estimate of drug-likeness (QED) is 0.790. The highest BCUT2D eigenvalue weighted by Crippen LogP contribution is 2.30. The average Bonchev–Trinajstić information content (AvgIpc) is 2.78. The van der Waals surface area contributed by atoms with E-state index in [4.69, 9.17) is 5.73 Å². The van der Waals surface area contributed by atoms with Gasteiger partial charge in [0.15, 0.2) is 0 Å². The van der Waals surface area contributed by atoms with Gasteiger partial charge in [0.25, 0.3) is 0 Å². The fourth-order valence-electron chi connectivity index (χ4n) is 2.36. The normalized spacial score (nSPS) is 20.4. The van der Waals surface area contributed by atoms with E-state index in [-0.39, 0.29) is 6.54 Å². The van der Waals surface area contributed by atoms with E-state index in [0.29, 0.717) is 6.04 Å². The van der Waals surface area contributed by atoms with Gasteiger partial charge in [-0.2, -0.15) is 0 Å². The molecular formula is C11H19N3O. The fraction of sp³-hybridized carbons (Fsp3) is 0.727. The predicted octanol–water partition coefficient (Wildman–Crippen LogP) is 1.38. The Kier molecular flexibility index (Phi) is 3.38. The lowest BCUT2D eigenvalue weighted by Crippen LogP contribution is -2.20. The SMILES string of the molecule is NCC(O)c1cncn1C1CCCCC1. The van der Waals surface area contributed by atoms with Crippen molar-refractivity contribution in [1.82, 2.24) is 9.55 Å². The number of rotatable bonds is 3. The van der Waals surface area contributed by atoms with E-state index in [0.717, 1.165) is 5.69 Å². The highest BCUT2D eigenvalue weighted by atomic mass is 16.3. The van der Waals surface area contributed by atoms with Gasteiger partial charge in [-0.05, 0) is 12.8 Å². The van der Waals surface area contributed by atoms with Crippen LogP contribution in [0.5, 0.6) is 0 Å². The Morgan fingerprint density at radius 3 is 2.87 bits per heavy atom. The Balaban J connectivity index is 2.15. The van der Waals surface area contributed by atoms with Gasteiger partial charge in [0, 0.05) is 12.6 Å². The minimum Gasteiger partial charge on any atom is -0.385 e. The van der Waals surface area contributed by atoms with Crippen LogP contribution in [0.2, 0.25) is 0 Å². The number of aromatic nitrogens is 2. The molecule has 1 aliphatic rings. The molecule has 1 heterocycles. The monoisotopic (exact) mass is 209 g/mol. The van der Waals surface area contributed by atoms with Gasteiger partial charge in [-0.15, -0.1) is 0 Å². The van der Waals surface area contributed by atoms with E-state index in [1.807, 2.05) is 6.33 Å². The van der Waals surface area contributed by atoms with Crippen molar-refractivity contribution in [3.05, 3.63) is 18.2 Å². The molecule has 0 spiro atoms. The minimum atomic E-state index is -0.575.